The first-order valence-electron chi connectivity index (χ1n) is 6.55. The molecule has 0 saturated heterocycles. The van der Waals surface area contributed by atoms with Crippen molar-refractivity contribution < 1.29 is 4.74 Å². The summed E-state index contributed by atoms with van der Waals surface area (Å²) in [5.41, 5.74) is 9.82. The van der Waals surface area contributed by atoms with Crippen LogP contribution in [0.2, 0.25) is 0 Å². The van der Waals surface area contributed by atoms with Gasteiger partial charge in [-0.25, -0.2) is 0 Å². The Morgan fingerprint density at radius 3 is 2.68 bits per heavy atom. The van der Waals surface area contributed by atoms with E-state index in [-0.39, 0.29) is 0 Å². The zero-order valence-electron chi connectivity index (χ0n) is 11.4. The molecule has 3 nitrogen and oxygen atoms in total. The number of aryl methyl sites for hydroxylation is 1. The van der Waals surface area contributed by atoms with Gasteiger partial charge in [0.1, 0.15) is 5.75 Å². The second-order valence-corrected chi connectivity index (χ2v) is 4.58. The van der Waals surface area contributed by atoms with Gasteiger partial charge in [0, 0.05) is 29.2 Å². The van der Waals surface area contributed by atoms with Gasteiger partial charge < -0.3 is 15.8 Å². The Morgan fingerprint density at radius 1 is 1.16 bits per heavy atom. The van der Waals surface area contributed by atoms with E-state index in [1.54, 1.807) is 0 Å². The number of rotatable bonds is 5. The lowest BCUT2D eigenvalue weighted by molar-refractivity contribution is 0.318. The summed E-state index contributed by atoms with van der Waals surface area (Å²) in [6.45, 7) is 4.86. The molecule has 0 fully saturated rings. The smallest absolute Gasteiger partial charge is 0.123 e. The zero-order valence-corrected chi connectivity index (χ0v) is 11.4. The molecular weight excluding hydrogens is 236 g/mol. The molecule has 3 N–H and O–H groups in total. The van der Waals surface area contributed by atoms with Crippen LogP contribution in [0.3, 0.4) is 0 Å². The topological polar surface area (TPSA) is 47.3 Å². The van der Waals surface area contributed by atoms with E-state index in [1.807, 2.05) is 36.4 Å². The first-order chi connectivity index (χ1) is 9.19. The molecule has 0 saturated carbocycles. The van der Waals surface area contributed by atoms with Crippen molar-refractivity contribution in [3.8, 4) is 5.75 Å². The van der Waals surface area contributed by atoms with Crippen molar-refractivity contribution in [1.29, 1.82) is 0 Å². The van der Waals surface area contributed by atoms with E-state index >= 15 is 0 Å². The molecule has 0 spiro atoms. The summed E-state index contributed by atoms with van der Waals surface area (Å²) < 4.78 is 5.62. The molecule has 2 aromatic rings. The standard InChI is InChI=1S/C16H20N2O/c1-3-8-19-15-10-13(17)9-14(11-15)18-16-7-5-4-6-12(16)2/h4-7,9-11,18H,3,8,17H2,1-2H3. The lowest BCUT2D eigenvalue weighted by Crippen LogP contribution is -1.99. The van der Waals surface area contributed by atoms with E-state index in [9.17, 15) is 0 Å². The van der Waals surface area contributed by atoms with Crippen LogP contribution in [0.25, 0.3) is 0 Å². The predicted octanol–water partition coefficient (Wildman–Crippen LogP) is 4.11. The molecule has 0 aromatic heterocycles. The first kappa shape index (κ1) is 13.3. The fraction of sp³-hybridized carbons (Fsp3) is 0.250. The minimum atomic E-state index is 0.699. The van der Waals surface area contributed by atoms with Crippen molar-refractivity contribution in [2.24, 2.45) is 0 Å². The van der Waals surface area contributed by atoms with Gasteiger partial charge in [0.25, 0.3) is 0 Å². The van der Waals surface area contributed by atoms with Crippen LogP contribution >= 0.6 is 0 Å². The van der Waals surface area contributed by atoms with Crippen LogP contribution in [0.5, 0.6) is 5.75 Å². The number of benzene rings is 2. The SMILES string of the molecule is CCCOc1cc(N)cc(Nc2ccccc2C)c1. The fourth-order valence-corrected chi connectivity index (χ4v) is 1.87. The molecular formula is C16H20N2O. The van der Waals surface area contributed by atoms with Gasteiger partial charge in [-0.2, -0.15) is 0 Å². The van der Waals surface area contributed by atoms with Gasteiger partial charge in [-0.05, 0) is 31.0 Å². The van der Waals surface area contributed by atoms with Crippen molar-refractivity contribution in [3.05, 3.63) is 48.0 Å². The average molecular weight is 256 g/mol. The Labute approximate surface area is 114 Å². The molecule has 2 aromatic carbocycles. The molecule has 100 valence electrons. The van der Waals surface area contributed by atoms with Gasteiger partial charge in [-0.15, -0.1) is 0 Å². The van der Waals surface area contributed by atoms with Gasteiger partial charge >= 0.3 is 0 Å². The minimum absolute atomic E-state index is 0.699. The number of hydrogen-bond acceptors (Lipinski definition) is 3. The third kappa shape index (κ3) is 3.65. The van der Waals surface area contributed by atoms with E-state index in [0.29, 0.717) is 12.3 Å². The second-order valence-electron chi connectivity index (χ2n) is 4.58. The molecule has 0 atom stereocenters. The van der Waals surface area contributed by atoms with Gasteiger partial charge in [0.2, 0.25) is 0 Å². The van der Waals surface area contributed by atoms with E-state index < -0.39 is 0 Å². The van der Waals surface area contributed by atoms with Crippen LogP contribution in [0.15, 0.2) is 42.5 Å². The van der Waals surface area contributed by atoms with Crippen LogP contribution in [0, 0.1) is 6.92 Å². The number of nitrogens with two attached hydrogens (primary N) is 1. The maximum Gasteiger partial charge on any atom is 0.123 e. The normalized spacial score (nSPS) is 10.2. The van der Waals surface area contributed by atoms with Crippen molar-refractivity contribution in [2.75, 3.05) is 17.7 Å². The van der Waals surface area contributed by atoms with Crippen molar-refractivity contribution in [3.63, 3.8) is 0 Å². The summed E-state index contributed by atoms with van der Waals surface area (Å²) in [6.07, 6.45) is 0.982. The highest BCUT2D eigenvalue weighted by molar-refractivity contribution is 5.68. The summed E-state index contributed by atoms with van der Waals surface area (Å²) in [5, 5.41) is 3.37. The van der Waals surface area contributed by atoms with Crippen LogP contribution in [-0.2, 0) is 0 Å². The van der Waals surface area contributed by atoms with E-state index in [0.717, 1.165) is 23.5 Å². The number of nitrogen functional groups attached to an aromatic ring is 1. The number of nitrogens with one attached hydrogen (secondary N) is 1. The number of ether oxygens (including phenoxy) is 1. The molecule has 19 heavy (non-hydrogen) atoms. The summed E-state index contributed by atoms with van der Waals surface area (Å²) in [5.74, 6) is 0.804. The molecule has 0 aliphatic rings. The Morgan fingerprint density at radius 2 is 1.95 bits per heavy atom. The Kier molecular flexibility index (Phi) is 4.29. The minimum Gasteiger partial charge on any atom is -0.493 e. The maximum atomic E-state index is 5.90. The maximum absolute atomic E-state index is 5.90. The molecule has 0 aliphatic carbocycles. The monoisotopic (exact) mass is 256 g/mol. The summed E-state index contributed by atoms with van der Waals surface area (Å²) >= 11 is 0. The largest absolute Gasteiger partial charge is 0.493 e. The van der Waals surface area contributed by atoms with Crippen LogP contribution in [0.1, 0.15) is 18.9 Å². The summed E-state index contributed by atoms with van der Waals surface area (Å²) in [4.78, 5) is 0. The Hall–Kier alpha value is -2.16. The zero-order chi connectivity index (χ0) is 13.7. The number of anilines is 3. The van der Waals surface area contributed by atoms with Crippen LogP contribution in [0.4, 0.5) is 17.1 Å². The average Bonchev–Trinajstić information content (AvgIpc) is 2.38. The lowest BCUT2D eigenvalue weighted by Gasteiger charge is -2.12. The van der Waals surface area contributed by atoms with E-state index in [2.05, 4.69) is 25.2 Å². The molecule has 0 heterocycles. The van der Waals surface area contributed by atoms with Crippen molar-refractivity contribution in [1.82, 2.24) is 0 Å². The quantitative estimate of drug-likeness (QED) is 0.791. The van der Waals surface area contributed by atoms with Crippen LogP contribution in [-0.4, -0.2) is 6.61 Å². The number of hydrogen-bond donors (Lipinski definition) is 2. The Balaban J connectivity index is 2.20. The lowest BCUT2D eigenvalue weighted by atomic mass is 10.2. The third-order valence-corrected chi connectivity index (χ3v) is 2.83. The number of para-hydroxylation sites is 1. The van der Waals surface area contributed by atoms with Gasteiger partial charge in [-0.3, -0.25) is 0 Å². The molecule has 0 radical (unpaired) electrons. The predicted molar refractivity (Wildman–Crippen MR) is 81.1 cm³/mol. The van der Waals surface area contributed by atoms with E-state index in [1.165, 1.54) is 5.56 Å². The highest BCUT2D eigenvalue weighted by Crippen LogP contribution is 2.26. The second kappa shape index (κ2) is 6.14. The fourth-order valence-electron chi connectivity index (χ4n) is 1.87. The first-order valence-corrected chi connectivity index (χ1v) is 6.55. The highest BCUT2D eigenvalue weighted by Gasteiger charge is 2.02. The van der Waals surface area contributed by atoms with E-state index in [4.69, 9.17) is 10.5 Å². The van der Waals surface area contributed by atoms with Crippen LogP contribution < -0.4 is 15.8 Å². The molecule has 0 unspecified atom stereocenters. The van der Waals surface area contributed by atoms with Crippen molar-refractivity contribution >= 4 is 17.1 Å². The highest BCUT2D eigenvalue weighted by atomic mass is 16.5. The summed E-state index contributed by atoms with van der Waals surface area (Å²) in [7, 11) is 0. The third-order valence-electron chi connectivity index (χ3n) is 2.83. The summed E-state index contributed by atoms with van der Waals surface area (Å²) in [6, 6.07) is 13.9. The molecule has 0 aliphatic heterocycles. The molecule has 2 rings (SSSR count). The molecule has 3 heteroatoms. The van der Waals surface area contributed by atoms with Gasteiger partial charge in [-0.1, -0.05) is 25.1 Å². The molecule has 0 amide bonds. The van der Waals surface area contributed by atoms with Gasteiger partial charge in [0.15, 0.2) is 0 Å². The van der Waals surface area contributed by atoms with Crippen molar-refractivity contribution in [2.45, 2.75) is 20.3 Å². The molecule has 0 bridgehead atoms. The Bertz CT molecular complexity index is 552. The van der Waals surface area contributed by atoms with Gasteiger partial charge in [0.05, 0.1) is 6.61 Å².